The molecule has 1 saturated heterocycles. The second-order valence-corrected chi connectivity index (χ2v) is 6.53. The van der Waals surface area contributed by atoms with Gasteiger partial charge in [-0.1, -0.05) is 23.4 Å². The van der Waals surface area contributed by atoms with Crippen molar-refractivity contribution in [2.24, 2.45) is 5.92 Å². The predicted molar refractivity (Wildman–Crippen MR) is 94.5 cm³/mol. The van der Waals surface area contributed by atoms with Crippen LogP contribution in [0.3, 0.4) is 0 Å². The first-order valence-electron chi connectivity index (χ1n) is 8.53. The van der Waals surface area contributed by atoms with Crippen LogP contribution in [0.15, 0.2) is 34.9 Å². The Hall–Kier alpha value is -2.63. The molecule has 0 aliphatic carbocycles. The maximum absolute atomic E-state index is 12.9. The SMILES string of the molecule is Cc1noc(C)c1N(C)C(=O)[C@H]1CCCN(C(=O)c2ccccc2)C1. The molecular formula is C19H23N3O3. The van der Waals surface area contributed by atoms with Gasteiger partial charge in [0, 0.05) is 25.7 Å². The van der Waals surface area contributed by atoms with Gasteiger partial charge in [0.2, 0.25) is 5.91 Å². The van der Waals surface area contributed by atoms with E-state index in [1.54, 1.807) is 23.8 Å². The smallest absolute Gasteiger partial charge is 0.253 e. The fourth-order valence-corrected chi connectivity index (χ4v) is 3.47. The number of benzene rings is 1. The second kappa shape index (κ2) is 7.09. The summed E-state index contributed by atoms with van der Waals surface area (Å²) in [6.45, 7) is 4.75. The van der Waals surface area contributed by atoms with Gasteiger partial charge in [0.15, 0.2) is 5.76 Å². The first-order valence-corrected chi connectivity index (χ1v) is 8.53. The average Bonchev–Trinajstić information content (AvgIpc) is 2.99. The zero-order valence-electron chi connectivity index (χ0n) is 14.9. The van der Waals surface area contributed by atoms with Crippen LogP contribution >= 0.6 is 0 Å². The van der Waals surface area contributed by atoms with Gasteiger partial charge in [0.1, 0.15) is 11.4 Å². The summed E-state index contributed by atoms with van der Waals surface area (Å²) in [6.07, 6.45) is 1.61. The Morgan fingerprint density at radius 2 is 1.96 bits per heavy atom. The molecular weight excluding hydrogens is 318 g/mol. The van der Waals surface area contributed by atoms with Crippen molar-refractivity contribution in [3.05, 3.63) is 47.3 Å². The molecule has 0 N–H and O–H groups in total. The lowest BCUT2D eigenvalue weighted by Gasteiger charge is -2.34. The summed E-state index contributed by atoms with van der Waals surface area (Å²) in [6, 6.07) is 9.21. The van der Waals surface area contributed by atoms with Crippen LogP contribution in [-0.4, -0.2) is 42.0 Å². The molecule has 132 valence electrons. The molecule has 0 spiro atoms. The van der Waals surface area contributed by atoms with Gasteiger partial charge in [-0.2, -0.15) is 0 Å². The predicted octanol–water partition coefficient (Wildman–Crippen LogP) is 2.81. The molecule has 0 saturated carbocycles. The van der Waals surface area contributed by atoms with Gasteiger partial charge < -0.3 is 14.3 Å². The Kier molecular flexibility index (Phi) is 4.88. The van der Waals surface area contributed by atoms with E-state index in [0.29, 0.717) is 30.1 Å². The van der Waals surface area contributed by atoms with Gasteiger partial charge in [-0.25, -0.2) is 0 Å². The van der Waals surface area contributed by atoms with Crippen LogP contribution in [0.2, 0.25) is 0 Å². The summed E-state index contributed by atoms with van der Waals surface area (Å²) in [4.78, 5) is 29.0. The monoisotopic (exact) mass is 341 g/mol. The Labute approximate surface area is 147 Å². The van der Waals surface area contributed by atoms with Gasteiger partial charge in [-0.05, 0) is 38.8 Å². The van der Waals surface area contributed by atoms with Crippen molar-refractivity contribution < 1.29 is 14.1 Å². The Morgan fingerprint density at radius 3 is 2.60 bits per heavy atom. The standard InChI is InChI=1S/C19H23N3O3/c1-13-17(14(2)25-20-13)21(3)18(23)16-10-7-11-22(12-16)19(24)15-8-5-4-6-9-15/h4-6,8-9,16H,7,10-12H2,1-3H3/t16-/m0/s1. The molecule has 3 rings (SSSR count). The number of aromatic nitrogens is 1. The van der Waals surface area contributed by atoms with Crippen molar-refractivity contribution in [2.75, 3.05) is 25.0 Å². The van der Waals surface area contributed by atoms with Gasteiger partial charge in [-0.3, -0.25) is 9.59 Å². The van der Waals surface area contributed by atoms with Crippen molar-refractivity contribution in [3.63, 3.8) is 0 Å². The molecule has 1 atom stereocenters. The van der Waals surface area contributed by atoms with E-state index in [2.05, 4.69) is 5.16 Å². The second-order valence-electron chi connectivity index (χ2n) is 6.53. The summed E-state index contributed by atoms with van der Waals surface area (Å²) < 4.78 is 5.16. The zero-order chi connectivity index (χ0) is 18.0. The van der Waals surface area contributed by atoms with Crippen molar-refractivity contribution in [2.45, 2.75) is 26.7 Å². The summed E-state index contributed by atoms with van der Waals surface area (Å²) in [5.41, 5.74) is 2.08. The number of likely N-dealkylation sites (tertiary alicyclic amines) is 1. The van der Waals surface area contributed by atoms with Crippen molar-refractivity contribution in [3.8, 4) is 0 Å². The summed E-state index contributed by atoms with van der Waals surface area (Å²) >= 11 is 0. The van der Waals surface area contributed by atoms with Crippen LogP contribution in [0.1, 0.15) is 34.7 Å². The molecule has 1 aliphatic rings. The number of nitrogens with zero attached hydrogens (tertiary/aromatic N) is 3. The average molecular weight is 341 g/mol. The van der Waals surface area contributed by atoms with E-state index in [1.807, 2.05) is 37.3 Å². The van der Waals surface area contributed by atoms with E-state index in [-0.39, 0.29) is 17.7 Å². The molecule has 0 bridgehead atoms. The molecule has 0 unspecified atom stereocenters. The minimum absolute atomic E-state index is 0.0000355. The van der Waals surface area contributed by atoms with E-state index in [4.69, 9.17) is 4.52 Å². The Bertz CT molecular complexity index is 750. The van der Waals surface area contributed by atoms with E-state index in [0.717, 1.165) is 18.5 Å². The lowest BCUT2D eigenvalue weighted by molar-refractivity contribution is -0.123. The van der Waals surface area contributed by atoms with Crippen LogP contribution in [0, 0.1) is 19.8 Å². The number of hydrogen-bond acceptors (Lipinski definition) is 4. The lowest BCUT2D eigenvalue weighted by Crippen LogP contribution is -2.46. The van der Waals surface area contributed by atoms with Crippen molar-refractivity contribution in [1.29, 1.82) is 0 Å². The molecule has 6 heteroatoms. The Balaban J connectivity index is 1.73. The first-order chi connectivity index (χ1) is 12.0. The highest BCUT2D eigenvalue weighted by Gasteiger charge is 2.32. The van der Waals surface area contributed by atoms with Crippen LogP contribution in [-0.2, 0) is 4.79 Å². The number of rotatable bonds is 3. The number of amides is 2. The van der Waals surface area contributed by atoms with Gasteiger partial charge in [0.05, 0.1) is 5.92 Å². The number of anilines is 1. The molecule has 1 fully saturated rings. The van der Waals surface area contributed by atoms with E-state index in [9.17, 15) is 9.59 Å². The van der Waals surface area contributed by atoms with Crippen LogP contribution in [0.4, 0.5) is 5.69 Å². The molecule has 2 amide bonds. The van der Waals surface area contributed by atoms with Crippen LogP contribution in [0.25, 0.3) is 0 Å². The fourth-order valence-electron chi connectivity index (χ4n) is 3.47. The van der Waals surface area contributed by atoms with E-state index in [1.165, 1.54) is 0 Å². The molecule has 0 radical (unpaired) electrons. The van der Waals surface area contributed by atoms with Crippen molar-refractivity contribution in [1.82, 2.24) is 10.1 Å². The van der Waals surface area contributed by atoms with Gasteiger partial charge >= 0.3 is 0 Å². The van der Waals surface area contributed by atoms with E-state index >= 15 is 0 Å². The molecule has 25 heavy (non-hydrogen) atoms. The summed E-state index contributed by atoms with van der Waals surface area (Å²) in [5, 5.41) is 3.91. The minimum Gasteiger partial charge on any atom is -0.359 e. The Morgan fingerprint density at radius 1 is 1.24 bits per heavy atom. The first kappa shape index (κ1) is 17.2. The fraction of sp³-hybridized carbons (Fsp3) is 0.421. The third-order valence-electron chi connectivity index (χ3n) is 4.74. The number of carbonyl (C=O) groups excluding carboxylic acids is 2. The van der Waals surface area contributed by atoms with Crippen molar-refractivity contribution >= 4 is 17.5 Å². The third-order valence-corrected chi connectivity index (χ3v) is 4.74. The highest BCUT2D eigenvalue weighted by molar-refractivity contribution is 5.97. The summed E-state index contributed by atoms with van der Waals surface area (Å²) in [5.74, 6) is 0.402. The lowest BCUT2D eigenvalue weighted by atomic mass is 9.95. The quantitative estimate of drug-likeness (QED) is 0.861. The molecule has 1 aromatic heterocycles. The molecule has 1 aromatic carbocycles. The largest absolute Gasteiger partial charge is 0.359 e. The molecule has 2 heterocycles. The van der Waals surface area contributed by atoms with E-state index < -0.39 is 0 Å². The maximum Gasteiger partial charge on any atom is 0.253 e. The number of carbonyl (C=O) groups is 2. The topological polar surface area (TPSA) is 66.7 Å². The molecule has 1 aliphatic heterocycles. The highest BCUT2D eigenvalue weighted by Crippen LogP contribution is 2.27. The number of piperidine rings is 1. The van der Waals surface area contributed by atoms with Crippen LogP contribution < -0.4 is 4.90 Å². The van der Waals surface area contributed by atoms with Gasteiger partial charge in [0.25, 0.3) is 5.91 Å². The van der Waals surface area contributed by atoms with Gasteiger partial charge in [-0.15, -0.1) is 0 Å². The maximum atomic E-state index is 12.9. The zero-order valence-corrected chi connectivity index (χ0v) is 14.9. The number of hydrogen-bond donors (Lipinski definition) is 0. The minimum atomic E-state index is -0.208. The highest BCUT2D eigenvalue weighted by atomic mass is 16.5. The normalized spacial score (nSPS) is 17.4. The summed E-state index contributed by atoms with van der Waals surface area (Å²) in [7, 11) is 1.74. The number of aryl methyl sites for hydroxylation is 2. The third kappa shape index (κ3) is 3.43. The van der Waals surface area contributed by atoms with Crippen LogP contribution in [0.5, 0.6) is 0 Å². The molecule has 6 nitrogen and oxygen atoms in total. The molecule has 2 aromatic rings.